The van der Waals surface area contributed by atoms with Gasteiger partial charge in [-0.25, -0.2) is 9.98 Å². The van der Waals surface area contributed by atoms with Gasteiger partial charge in [0, 0.05) is 12.0 Å². The fourth-order valence-electron chi connectivity index (χ4n) is 3.85. The molecule has 0 radical (unpaired) electrons. The van der Waals surface area contributed by atoms with Crippen LogP contribution < -0.4 is 0 Å². The highest BCUT2D eigenvalue weighted by Gasteiger charge is 2.30. The van der Waals surface area contributed by atoms with Crippen LogP contribution >= 0.6 is 0 Å². The van der Waals surface area contributed by atoms with Crippen molar-refractivity contribution in [3.63, 3.8) is 0 Å². The summed E-state index contributed by atoms with van der Waals surface area (Å²) in [7, 11) is 0. The Hall–Kier alpha value is -2.42. The van der Waals surface area contributed by atoms with Gasteiger partial charge < -0.3 is 4.74 Å². The van der Waals surface area contributed by atoms with Crippen molar-refractivity contribution in [2.24, 2.45) is 15.4 Å². The maximum atomic E-state index is 6.11. The molecule has 1 aliphatic rings. The molecule has 3 nitrogen and oxygen atoms in total. The predicted octanol–water partition coefficient (Wildman–Crippen LogP) is 7.29. The zero-order valence-electron chi connectivity index (χ0n) is 19.6. The third-order valence-electron chi connectivity index (χ3n) is 5.72. The molecule has 30 heavy (non-hydrogen) atoms. The molecule has 0 N–H and O–H groups in total. The lowest BCUT2D eigenvalue weighted by Gasteiger charge is -2.31. The van der Waals surface area contributed by atoms with Crippen molar-refractivity contribution in [3.8, 4) is 0 Å². The number of hydrogen-bond acceptors (Lipinski definition) is 3. The molecular formula is C27H36N2O. The van der Waals surface area contributed by atoms with Crippen molar-refractivity contribution in [1.29, 1.82) is 0 Å². The molecular weight excluding hydrogens is 368 g/mol. The number of benzene rings is 2. The highest BCUT2D eigenvalue weighted by atomic mass is 16.5. The number of para-hydroxylation sites is 1. The Morgan fingerprint density at radius 3 is 2.07 bits per heavy atom. The maximum Gasteiger partial charge on any atom is 0.236 e. The first-order valence-corrected chi connectivity index (χ1v) is 11.2. The monoisotopic (exact) mass is 404 g/mol. The smallest absolute Gasteiger partial charge is 0.236 e. The Kier molecular flexibility index (Phi) is 6.80. The van der Waals surface area contributed by atoms with Crippen LogP contribution in [0.3, 0.4) is 0 Å². The molecule has 0 saturated heterocycles. The molecule has 0 fully saturated rings. The van der Waals surface area contributed by atoms with E-state index in [0.717, 1.165) is 23.4 Å². The third kappa shape index (κ3) is 5.00. The minimum Gasteiger partial charge on any atom is -0.476 e. The molecule has 0 bridgehead atoms. The van der Waals surface area contributed by atoms with Crippen LogP contribution in [0.4, 0.5) is 5.69 Å². The van der Waals surface area contributed by atoms with Crippen LogP contribution in [0.25, 0.3) is 0 Å². The lowest BCUT2D eigenvalue weighted by molar-refractivity contribution is 0.206. The maximum absolute atomic E-state index is 6.11. The van der Waals surface area contributed by atoms with E-state index in [0.29, 0.717) is 24.3 Å². The largest absolute Gasteiger partial charge is 0.476 e. The van der Waals surface area contributed by atoms with Gasteiger partial charge in [-0.2, -0.15) is 0 Å². The molecule has 1 atom stereocenters. The zero-order chi connectivity index (χ0) is 21.9. The Bertz CT molecular complexity index is 891. The second-order valence-corrected chi connectivity index (χ2v) is 9.87. The molecule has 0 saturated carbocycles. The number of ether oxygens (including phenoxy) is 1. The highest BCUT2D eigenvalue weighted by molar-refractivity contribution is 6.46. The standard InChI is InChI=1S/C27H36N2O/c1-18(2)21-14-11-15-22(19(3)4)25(21)29-24(20-12-9-8-10-13-20)26-28-23(16-17-30-26)27(5,6)7/h8-15,18-19,23H,16-17H2,1-7H3/b29-24+/t23-/m1/s1. The van der Waals surface area contributed by atoms with Crippen LogP contribution in [0.5, 0.6) is 0 Å². The van der Waals surface area contributed by atoms with Crippen LogP contribution in [0, 0.1) is 5.41 Å². The van der Waals surface area contributed by atoms with Crippen molar-refractivity contribution >= 4 is 17.3 Å². The Morgan fingerprint density at radius 1 is 0.933 bits per heavy atom. The summed E-state index contributed by atoms with van der Waals surface area (Å²) in [5.74, 6) is 1.44. The molecule has 2 aromatic carbocycles. The molecule has 160 valence electrons. The Morgan fingerprint density at radius 2 is 1.53 bits per heavy atom. The van der Waals surface area contributed by atoms with Gasteiger partial charge in [0.05, 0.1) is 18.3 Å². The Balaban J connectivity index is 2.23. The van der Waals surface area contributed by atoms with Gasteiger partial charge in [0.15, 0.2) is 0 Å². The van der Waals surface area contributed by atoms with E-state index >= 15 is 0 Å². The molecule has 3 heteroatoms. The van der Waals surface area contributed by atoms with E-state index in [4.69, 9.17) is 14.7 Å². The van der Waals surface area contributed by atoms with Crippen LogP contribution in [0.1, 0.15) is 83.4 Å². The Labute approximate surface area is 182 Å². The molecule has 0 amide bonds. The molecule has 1 aliphatic heterocycles. The normalized spacial score (nSPS) is 17.8. The minimum absolute atomic E-state index is 0.0930. The van der Waals surface area contributed by atoms with Gasteiger partial charge in [0.1, 0.15) is 5.71 Å². The quantitative estimate of drug-likeness (QED) is 0.482. The zero-order valence-corrected chi connectivity index (χ0v) is 19.6. The first-order valence-electron chi connectivity index (χ1n) is 11.2. The molecule has 0 aromatic heterocycles. The molecule has 0 aliphatic carbocycles. The minimum atomic E-state index is 0.0930. The van der Waals surface area contributed by atoms with E-state index in [9.17, 15) is 0 Å². The molecule has 0 unspecified atom stereocenters. The van der Waals surface area contributed by atoms with Crippen molar-refractivity contribution in [1.82, 2.24) is 0 Å². The van der Waals surface area contributed by atoms with Crippen LogP contribution in [0.2, 0.25) is 0 Å². The van der Waals surface area contributed by atoms with Gasteiger partial charge in [-0.3, -0.25) is 0 Å². The predicted molar refractivity (Wildman–Crippen MR) is 129 cm³/mol. The van der Waals surface area contributed by atoms with E-state index in [1.807, 2.05) is 18.2 Å². The van der Waals surface area contributed by atoms with Gasteiger partial charge in [-0.1, -0.05) is 97.0 Å². The highest BCUT2D eigenvalue weighted by Crippen LogP contribution is 2.36. The van der Waals surface area contributed by atoms with E-state index in [-0.39, 0.29) is 11.5 Å². The van der Waals surface area contributed by atoms with Gasteiger partial charge in [0.2, 0.25) is 5.90 Å². The fraction of sp³-hybridized carbons (Fsp3) is 0.481. The van der Waals surface area contributed by atoms with E-state index in [1.165, 1.54) is 11.1 Å². The van der Waals surface area contributed by atoms with Gasteiger partial charge in [0.25, 0.3) is 0 Å². The topological polar surface area (TPSA) is 34.0 Å². The fourth-order valence-corrected chi connectivity index (χ4v) is 3.85. The van der Waals surface area contributed by atoms with Crippen LogP contribution in [-0.2, 0) is 4.74 Å². The lowest BCUT2D eigenvalue weighted by atomic mass is 9.85. The SMILES string of the molecule is CC(C)c1cccc(C(C)C)c1/N=C(/C1=N[C@@H](C(C)(C)C)CCO1)c1ccccc1. The number of aliphatic imine (C=N–C) groups is 2. The lowest BCUT2D eigenvalue weighted by Crippen LogP contribution is -2.34. The van der Waals surface area contributed by atoms with Crippen molar-refractivity contribution in [3.05, 3.63) is 65.2 Å². The summed E-state index contributed by atoms with van der Waals surface area (Å²) < 4.78 is 6.11. The van der Waals surface area contributed by atoms with Gasteiger partial charge in [-0.15, -0.1) is 0 Å². The second-order valence-electron chi connectivity index (χ2n) is 9.87. The van der Waals surface area contributed by atoms with E-state index in [1.54, 1.807) is 0 Å². The average molecular weight is 405 g/mol. The second kappa shape index (κ2) is 9.16. The molecule has 1 heterocycles. The summed E-state index contributed by atoms with van der Waals surface area (Å²) in [5, 5.41) is 0. The number of hydrogen-bond donors (Lipinski definition) is 0. The average Bonchev–Trinajstić information content (AvgIpc) is 2.71. The van der Waals surface area contributed by atoms with Gasteiger partial charge >= 0.3 is 0 Å². The number of nitrogens with zero attached hydrogens (tertiary/aromatic N) is 2. The number of rotatable bonds is 5. The first kappa shape index (κ1) is 22.3. The summed E-state index contributed by atoms with van der Waals surface area (Å²) in [6.07, 6.45) is 0.939. The summed E-state index contributed by atoms with van der Waals surface area (Å²) in [5.41, 5.74) is 5.55. The van der Waals surface area contributed by atoms with Gasteiger partial charge in [-0.05, 0) is 28.4 Å². The molecule has 3 rings (SSSR count). The van der Waals surface area contributed by atoms with Crippen molar-refractivity contribution in [2.45, 2.75) is 72.8 Å². The molecule has 2 aromatic rings. The summed E-state index contributed by atoms with van der Waals surface area (Å²) in [4.78, 5) is 10.3. The third-order valence-corrected chi connectivity index (χ3v) is 5.72. The van der Waals surface area contributed by atoms with E-state index < -0.39 is 0 Å². The summed E-state index contributed by atoms with van der Waals surface area (Å²) >= 11 is 0. The van der Waals surface area contributed by atoms with Crippen molar-refractivity contribution < 1.29 is 4.74 Å². The van der Waals surface area contributed by atoms with Crippen LogP contribution in [-0.4, -0.2) is 24.3 Å². The molecule has 0 spiro atoms. The first-order chi connectivity index (χ1) is 14.2. The summed E-state index contributed by atoms with van der Waals surface area (Å²) in [6.45, 7) is 16.3. The van der Waals surface area contributed by atoms with Crippen LogP contribution in [0.15, 0.2) is 58.5 Å². The van der Waals surface area contributed by atoms with Crippen molar-refractivity contribution in [2.75, 3.05) is 6.61 Å². The van der Waals surface area contributed by atoms with E-state index in [2.05, 4.69) is 78.8 Å². The summed E-state index contributed by atoms with van der Waals surface area (Å²) in [6, 6.07) is 17.1.